The van der Waals surface area contributed by atoms with Gasteiger partial charge < -0.3 is 10.1 Å². The molecule has 0 unspecified atom stereocenters. The molecular weight excluding hydrogens is 378 g/mol. The van der Waals surface area contributed by atoms with E-state index in [2.05, 4.69) is 10.4 Å². The van der Waals surface area contributed by atoms with E-state index in [1.165, 1.54) is 6.21 Å². The first kappa shape index (κ1) is 19.6. The molecule has 1 N–H and O–H groups in total. The molecular formula is C24H23N3O3. The van der Waals surface area contributed by atoms with Gasteiger partial charge in [0.15, 0.2) is 0 Å². The first-order valence-electron chi connectivity index (χ1n) is 9.82. The number of nitrogens with one attached hydrogen (secondary N) is 1. The largest absolute Gasteiger partial charge is 0.496 e. The third-order valence-electron chi connectivity index (χ3n) is 5.45. The van der Waals surface area contributed by atoms with Crippen LogP contribution in [0.5, 0.6) is 5.75 Å². The Labute approximate surface area is 175 Å². The molecule has 1 aliphatic rings. The molecule has 1 heterocycles. The van der Waals surface area contributed by atoms with Crippen LogP contribution in [0, 0.1) is 0 Å². The number of carbonyl (C=O) groups excluding carboxylic acids is 2. The maximum Gasteiger partial charge on any atom is 0.346 e. The number of hydrogen-bond donors (Lipinski definition) is 1. The smallest absolute Gasteiger partial charge is 0.346 e. The highest BCUT2D eigenvalue weighted by molar-refractivity contribution is 6.08. The molecule has 0 aliphatic carbocycles. The number of carbonyl (C=O) groups is 2. The van der Waals surface area contributed by atoms with E-state index in [9.17, 15) is 9.59 Å². The van der Waals surface area contributed by atoms with Crippen molar-refractivity contribution >= 4 is 28.9 Å². The molecule has 3 aromatic carbocycles. The lowest BCUT2D eigenvalue weighted by atomic mass is 9.93. The van der Waals surface area contributed by atoms with Crippen molar-refractivity contribution in [1.82, 2.24) is 10.3 Å². The Morgan fingerprint density at radius 2 is 1.77 bits per heavy atom. The van der Waals surface area contributed by atoms with Crippen LogP contribution in [0.3, 0.4) is 0 Å². The first-order chi connectivity index (χ1) is 14.5. The summed E-state index contributed by atoms with van der Waals surface area (Å²) in [6.45, 7) is 1.74. The van der Waals surface area contributed by atoms with Crippen molar-refractivity contribution in [2.24, 2.45) is 5.10 Å². The molecule has 0 spiro atoms. The van der Waals surface area contributed by atoms with Crippen LogP contribution in [-0.2, 0) is 11.2 Å². The number of rotatable bonds is 6. The van der Waals surface area contributed by atoms with E-state index >= 15 is 0 Å². The van der Waals surface area contributed by atoms with Crippen LogP contribution in [-0.4, -0.2) is 35.8 Å². The molecule has 1 fully saturated rings. The van der Waals surface area contributed by atoms with Gasteiger partial charge in [-0.05, 0) is 42.2 Å². The van der Waals surface area contributed by atoms with Gasteiger partial charge in [0.1, 0.15) is 11.3 Å². The van der Waals surface area contributed by atoms with Crippen LogP contribution in [0.15, 0.2) is 71.8 Å². The average Bonchev–Trinajstić information content (AvgIpc) is 2.99. The molecule has 3 aromatic rings. The Morgan fingerprint density at radius 3 is 2.53 bits per heavy atom. The van der Waals surface area contributed by atoms with E-state index < -0.39 is 11.6 Å². The van der Waals surface area contributed by atoms with Crippen molar-refractivity contribution in [3.63, 3.8) is 0 Å². The fourth-order valence-corrected chi connectivity index (χ4v) is 3.68. The van der Waals surface area contributed by atoms with E-state index in [4.69, 9.17) is 4.74 Å². The van der Waals surface area contributed by atoms with Gasteiger partial charge in [-0.25, -0.2) is 4.79 Å². The minimum absolute atomic E-state index is 0.362. The standard InChI is InChI=1S/C24H23N3O3/c1-24(15-14-17-8-4-3-5-9-17)22(28)27(23(29)26-24)25-16-20-19-11-7-6-10-18(19)12-13-21(20)30-2/h3-13,16H,14-15H2,1-2H3,(H,26,29)/t24-/m1/s1. The third kappa shape index (κ3) is 3.64. The van der Waals surface area contributed by atoms with Gasteiger partial charge in [-0.2, -0.15) is 5.10 Å². The molecule has 152 valence electrons. The molecule has 1 atom stereocenters. The van der Waals surface area contributed by atoms with E-state index in [-0.39, 0.29) is 5.91 Å². The van der Waals surface area contributed by atoms with Crippen molar-refractivity contribution in [1.29, 1.82) is 0 Å². The number of amides is 3. The Bertz CT molecular complexity index is 1130. The second-order valence-corrected chi connectivity index (χ2v) is 7.51. The van der Waals surface area contributed by atoms with Crippen LogP contribution >= 0.6 is 0 Å². The fraction of sp³-hybridized carbons (Fsp3) is 0.208. The molecule has 3 amide bonds. The third-order valence-corrected chi connectivity index (χ3v) is 5.45. The Balaban J connectivity index is 1.58. The number of ether oxygens (including phenoxy) is 1. The second kappa shape index (κ2) is 7.99. The summed E-state index contributed by atoms with van der Waals surface area (Å²) in [4.78, 5) is 25.5. The summed E-state index contributed by atoms with van der Waals surface area (Å²) < 4.78 is 5.46. The number of fused-ring (bicyclic) bond motifs is 1. The summed E-state index contributed by atoms with van der Waals surface area (Å²) >= 11 is 0. The molecule has 6 nitrogen and oxygen atoms in total. The van der Waals surface area contributed by atoms with Crippen LogP contribution in [0.2, 0.25) is 0 Å². The SMILES string of the molecule is COc1ccc2ccccc2c1C=NN1C(=O)N[C@](C)(CCc2ccccc2)C1=O. The summed E-state index contributed by atoms with van der Waals surface area (Å²) in [5.74, 6) is 0.259. The predicted octanol–water partition coefficient (Wildman–Crippen LogP) is 4.13. The molecule has 1 saturated heterocycles. The maximum absolute atomic E-state index is 13.0. The number of benzene rings is 3. The van der Waals surface area contributed by atoms with Crippen molar-refractivity contribution in [3.05, 3.63) is 77.9 Å². The van der Waals surface area contributed by atoms with Crippen molar-refractivity contribution in [2.75, 3.05) is 7.11 Å². The lowest BCUT2D eigenvalue weighted by Crippen LogP contribution is -2.44. The number of aryl methyl sites for hydroxylation is 1. The highest BCUT2D eigenvalue weighted by atomic mass is 16.5. The molecule has 4 rings (SSSR count). The van der Waals surface area contributed by atoms with Gasteiger partial charge in [-0.1, -0.05) is 60.7 Å². The van der Waals surface area contributed by atoms with Gasteiger partial charge in [-0.15, -0.1) is 5.01 Å². The van der Waals surface area contributed by atoms with E-state index in [0.717, 1.165) is 21.3 Å². The van der Waals surface area contributed by atoms with Gasteiger partial charge in [0.05, 0.1) is 13.3 Å². The molecule has 0 bridgehead atoms. The highest BCUT2D eigenvalue weighted by Gasteiger charge is 2.47. The Morgan fingerprint density at radius 1 is 1.03 bits per heavy atom. The molecule has 1 aliphatic heterocycles. The van der Waals surface area contributed by atoms with Gasteiger partial charge in [-0.3, -0.25) is 4.79 Å². The summed E-state index contributed by atoms with van der Waals surface area (Å²) in [5.41, 5.74) is 0.838. The molecule has 0 saturated carbocycles. The van der Waals surface area contributed by atoms with Crippen LogP contribution < -0.4 is 10.1 Å². The molecule has 30 heavy (non-hydrogen) atoms. The second-order valence-electron chi connectivity index (χ2n) is 7.51. The highest BCUT2D eigenvalue weighted by Crippen LogP contribution is 2.28. The number of nitrogens with zero attached hydrogens (tertiary/aromatic N) is 2. The monoisotopic (exact) mass is 401 g/mol. The van der Waals surface area contributed by atoms with Crippen molar-refractivity contribution in [3.8, 4) is 5.75 Å². The normalized spacial score (nSPS) is 18.9. The number of hydrogen-bond acceptors (Lipinski definition) is 4. The number of imide groups is 1. The van der Waals surface area contributed by atoms with Gasteiger partial charge in [0.25, 0.3) is 5.91 Å². The van der Waals surface area contributed by atoms with Crippen LogP contribution in [0.25, 0.3) is 10.8 Å². The van der Waals surface area contributed by atoms with E-state index in [0.29, 0.717) is 24.2 Å². The maximum atomic E-state index is 13.0. The van der Waals surface area contributed by atoms with Gasteiger partial charge >= 0.3 is 6.03 Å². The van der Waals surface area contributed by atoms with E-state index in [1.54, 1.807) is 14.0 Å². The zero-order valence-electron chi connectivity index (χ0n) is 17.0. The first-order valence-corrected chi connectivity index (χ1v) is 9.82. The summed E-state index contributed by atoms with van der Waals surface area (Å²) in [5, 5.41) is 9.88. The van der Waals surface area contributed by atoms with Crippen LogP contribution in [0.1, 0.15) is 24.5 Å². The lowest BCUT2D eigenvalue weighted by molar-refractivity contribution is -0.130. The summed E-state index contributed by atoms with van der Waals surface area (Å²) in [7, 11) is 1.58. The zero-order chi connectivity index (χ0) is 21.1. The minimum atomic E-state index is -0.993. The Hall–Kier alpha value is -3.67. The zero-order valence-corrected chi connectivity index (χ0v) is 17.0. The quantitative estimate of drug-likeness (QED) is 0.499. The van der Waals surface area contributed by atoms with E-state index in [1.807, 2.05) is 66.7 Å². The topological polar surface area (TPSA) is 71.0 Å². The van der Waals surface area contributed by atoms with Gasteiger partial charge in [0, 0.05) is 5.56 Å². The minimum Gasteiger partial charge on any atom is -0.496 e. The Kier molecular flexibility index (Phi) is 5.23. The number of methoxy groups -OCH3 is 1. The molecule has 0 aromatic heterocycles. The van der Waals surface area contributed by atoms with Crippen molar-refractivity contribution in [2.45, 2.75) is 25.3 Å². The summed E-state index contributed by atoms with van der Waals surface area (Å²) in [6.07, 6.45) is 2.69. The van der Waals surface area contributed by atoms with Gasteiger partial charge in [0.2, 0.25) is 0 Å². The predicted molar refractivity (Wildman–Crippen MR) is 117 cm³/mol. The number of urea groups is 1. The van der Waals surface area contributed by atoms with Crippen LogP contribution in [0.4, 0.5) is 4.79 Å². The fourth-order valence-electron chi connectivity index (χ4n) is 3.68. The lowest BCUT2D eigenvalue weighted by Gasteiger charge is -2.20. The molecule has 6 heteroatoms. The summed E-state index contributed by atoms with van der Waals surface area (Å²) in [6, 6.07) is 21.0. The average molecular weight is 401 g/mol. The number of hydrazone groups is 1. The molecule has 0 radical (unpaired) electrons. The van der Waals surface area contributed by atoms with Crippen molar-refractivity contribution < 1.29 is 14.3 Å².